The van der Waals surface area contributed by atoms with Crippen LogP contribution < -0.4 is 0 Å². The molecule has 1 N–H and O–H groups in total. The van der Waals surface area contributed by atoms with Gasteiger partial charge < -0.3 is 10.0 Å². The monoisotopic (exact) mass is 287 g/mol. The minimum Gasteiger partial charge on any atom is -0.481 e. The number of aliphatic carboxylic acids is 1. The van der Waals surface area contributed by atoms with Crippen LogP contribution in [0.5, 0.6) is 0 Å². The second-order valence-electron chi connectivity index (χ2n) is 4.88. The summed E-state index contributed by atoms with van der Waals surface area (Å²) in [4.78, 5) is 24.8. The Kier molecular flexibility index (Phi) is 3.35. The summed E-state index contributed by atoms with van der Waals surface area (Å²) in [5.41, 5.74) is 1.28. The van der Waals surface area contributed by atoms with Crippen LogP contribution in [0.4, 0.5) is 0 Å². The van der Waals surface area contributed by atoms with Crippen molar-refractivity contribution in [2.75, 3.05) is 13.1 Å². The van der Waals surface area contributed by atoms with Crippen LogP contribution in [0.2, 0.25) is 0 Å². The molecule has 0 saturated carbocycles. The molecule has 1 atom stereocenters. The highest BCUT2D eigenvalue weighted by Crippen LogP contribution is 2.19. The highest BCUT2D eigenvalue weighted by atomic mass is 16.4. The quantitative estimate of drug-likeness (QED) is 0.866. The number of carboxylic acids is 1. The number of carbonyl (C=O) groups is 2. The maximum absolute atomic E-state index is 12.3. The van der Waals surface area contributed by atoms with Gasteiger partial charge in [0.2, 0.25) is 0 Å². The van der Waals surface area contributed by atoms with E-state index in [1.165, 1.54) is 11.0 Å². The molecule has 0 radical (unpaired) electrons. The molecule has 1 aromatic carbocycles. The van der Waals surface area contributed by atoms with Gasteiger partial charge >= 0.3 is 5.97 Å². The number of carbonyl (C=O) groups excluding carboxylic acids is 1. The Bertz CT molecular complexity index is 653. The maximum Gasteiger partial charge on any atom is 0.308 e. The molecule has 1 saturated heterocycles. The number of nitrogens with zero attached hydrogens (tertiary/aromatic N) is 5. The molecule has 1 aliphatic rings. The Morgan fingerprint density at radius 1 is 1.24 bits per heavy atom. The first-order valence-corrected chi connectivity index (χ1v) is 6.50. The van der Waals surface area contributed by atoms with E-state index in [-0.39, 0.29) is 12.5 Å². The van der Waals surface area contributed by atoms with Crippen LogP contribution in [0, 0.1) is 5.92 Å². The topological polar surface area (TPSA) is 101 Å². The lowest BCUT2D eigenvalue weighted by atomic mass is 10.1. The second-order valence-corrected chi connectivity index (χ2v) is 4.88. The molecule has 1 unspecified atom stereocenters. The van der Waals surface area contributed by atoms with Gasteiger partial charge in [-0.2, -0.15) is 0 Å². The molecule has 8 heteroatoms. The van der Waals surface area contributed by atoms with Crippen LogP contribution >= 0.6 is 0 Å². The van der Waals surface area contributed by atoms with Crippen molar-refractivity contribution in [3.05, 3.63) is 36.2 Å². The first kappa shape index (κ1) is 13.2. The second kappa shape index (κ2) is 5.31. The molecule has 0 aliphatic carbocycles. The fourth-order valence-electron chi connectivity index (χ4n) is 2.37. The van der Waals surface area contributed by atoms with Gasteiger partial charge in [0.05, 0.1) is 11.6 Å². The van der Waals surface area contributed by atoms with Crippen molar-refractivity contribution in [2.24, 2.45) is 5.92 Å². The van der Waals surface area contributed by atoms with E-state index < -0.39 is 11.9 Å². The number of aromatic nitrogens is 4. The molecule has 0 bridgehead atoms. The Morgan fingerprint density at radius 2 is 2.00 bits per heavy atom. The van der Waals surface area contributed by atoms with Crippen LogP contribution in [-0.2, 0) is 4.79 Å². The zero-order valence-electron chi connectivity index (χ0n) is 11.1. The number of tetrazole rings is 1. The average molecular weight is 287 g/mol. The summed E-state index contributed by atoms with van der Waals surface area (Å²) in [5, 5.41) is 19.8. The van der Waals surface area contributed by atoms with E-state index >= 15 is 0 Å². The van der Waals surface area contributed by atoms with Crippen LogP contribution in [0.25, 0.3) is 5.69 Å². The zero-order chi connectivity index (χ0) is 14.8. The first-order chi connectivity index (χ1) is 10.1. The molecular weight excluding hydrogens is 274 g/mol. The number of hydrogen-bond acceptors (Lipinski definition) is 5. The van der Waals surface area contributed by atoms with Crippen LogP contribution in [0.1, 0.15) is 16.8 Å². The Hall–Kier alpha value is -2.77. The molecule has 1 aliphatic heterocycles. The smallest absolute Gasteiger partial charge is 0.308 e. The number of carboxylic acid groups (broad SMARTS) is 1. The Labute approximate surface area is 120 Å². The van der Waals surface area contributed by atoms with Gasteiger partial charge in [-0.05, 0) is 41.1 Å². The van der Waals surface area contributed by atoms with E-state index in [1.807, 2.05) is 0 Å². The van der Waals surface area contributed by atoms with Gasteiger partial charge in [0.1, 0.15) is 6.33 Å². The summed E-state index contributed by atoms with van der Waals surface area (Å²) in [6.45, 7) is 0.744. The van der Waals surface area contributed by atoms with Gasteiger partial charge in [0.25, 0.3) is 5.91 Å². The van der Waals surface area contributed by atoms with Crippen molar-refractivity contribution in [1.82, 2.24) is 25.1 Å². The lowest BCUT2D eigenvalue weighted by Crippen LogP contribution is -2.29. The summed E-state index contributed by atoms with van der Waals surface area (Å²) in [6.07, 6.45) is 1.97. The highest BCUT2D eigenvalue weighted by Gasteiger charge is 2.31. The minimum atomic E-state index is -0.848. The molecule has 3 rings (SSSR count). The molecular formula is C13H13N5O3. The van der Waals surface area contributed by atoms with E-state index in [1.54, 1.807) is 29.2 Å². The lowest BCUT2D eigenvalue weighted by Gasteiger charge is -2.15. The van der Waals surface area contributed by atoms with Crippen LogP contribution in [0.3, 0.4) is 0 Å². The summed E-state index contributed by atoms with van der Waals surface area (Å²) < 4.78 is 1.49. The normalized spacial score (nSPS) is 17.9. The molecule has 1 fully saturated rings. The fraction of sp³-hybridized carbons (Fsp3) is 0.308. The predicted octanol–water partition coefficient (Wildman–Crippen LogP) is 0.209. The first-order valence-electron chi connectivity index (χ1n) is 6.50. The largest absolute Gasteiger partial charge is 0.481 e. The summed E-state index contributed by atoms with van der Waals surface area (Å²) in [5.74, 6) is -1.46. The third-order valence-corrected chi connectivity index (χ3v) is 3.55. The molecule has 21 heavy (non-hydrogen) atoms. The van der Waals surface area contributed by atoms with Gasteiger partial charge in [0, 0.05) is 18.7 Å². The molecule has 108 valence electrons. The van der Waals surface area contributed by atoms with Crippen LogP contribution in [0.15, 0.2) is 30.6 Å². The van der Waals surface area contributed by atoms with Gasteiger partial charge in [-0.15, -0.1) is 5.10 Å². The van der Waals surface area contributed by atoms with E-state index in [0.717, 1.165) is 5.69 Å². The van der Waals surface area contributed by atoms with Crippen molar-refractivity contribution in [1.29, 1.82) is 0 Å². The van der Waals surface area contributed by atoms with E-state index in [9.17, 15) is 9.59 Å². The zero-order valence-corrected chi connectivity index (χ0v) is 11.1. The van der Waals surface area contributed by atoms with Gasteiger partial charge in [0.15, 0.2) is 0 Å². The lowest BCUT2D eigenvalue weighted by molar-refractivity contribution is -0.141. The van der Waals surface area contributed by atoms with E-state index in [4.69, 9.17) is 5.11 Å². The fourth-order valence-corrected chi connectivity index (χ4v) is 2.37. The van der Waals surface area contributed by atoms with E-state index in [2.05, 4.69) is 15.5 Å². The standard InChI is InChI=1S/C13H13N5O3/c19-12(17-6-5-10(7-17)13(20)21)9-1-3-11(4-2-9)18-8-14-15-16-18/h1-4,8,10H,5-7H2,(H,20,21). The summed E-state index contributed by atoms with van der Waals surface area (Å²) in [6, 6.07) is 6.86. The molecule has 1 aromatic heterocycles. The number of rotatable bonds is 3. The maximum atomic E-state index is 12.3. The SMILES string of the molecule is O=C(O)C1CCN(C(=O)c2ccc(-n3cnnn3)cc2)C1. The van der Waals surface area contributed by atoms with Crippen molar-refractivity contribution in [3.8, 4) is 5.69 Å². The summed E-state index contributed by atoms with van der Waals surface area (Å²) >= 11 is 0. The molecule has 1 amide bonds. The Morgan fingerprint density at radius 3 is 2.57 bits per heavy atom. The molecule has 2 heterocycles. The van der Waals surface area contributed by atoms with Crippen molar-refractivity contribution >= 4 is 11.9 Å². The van der Waals surface area contributed by atoms with E-state index in [0.29, 0.717) is 18.5 Å². The number of hydrogen-bond donors (Lipinski definition) is 1. The predicted molar refractivity (Wildman–Crippen MR) is 70.8 cm³/mol. The van der Waals surface area contributed by atoms with Crippen molar-refractivity contribution in [2.45, 2.75) is 6.42 Å². The van der Waals surface area contributed by atoms with Crippen molar-refractivity contribution < 1.29 is 14.7 Å². The molecule has 2 aromatic rings. The highest BCUT2D eigenvalue weighted by molar-refractivity contribution is 5.95. The molecule has 0 spiro atoms. The Balaban J connectivity index is 1.72. The molecule has 8 nitrogen and oxygen atoms in total. The average Bonchev–Trinajstić information content (AvgIpc) is 3.18. The number of benzene rings is 1. The van der Waals surface area contributed by atoms with Gasteiger partial charge in [-0.3, -0.25) is 9.59 Å². The minimum absolute atomic E-state index is 0.151. The number of amides is 1. The van der Waals surface area contributed by atoms with Crippen LogP contribution in [-0.4, -0.2) is 55.2 Å². The van der Waals surface area contributed by atoms with Crippen molar-refractivity contribution in [3.63, 3.8) is 0 Å². The number of likely N-dealkylation sites (tertiary alicyclic amines) is 1. The van der Waals surface area contributed by atoms with Gasteiger partial charge in [-0.1, -0.05) is 0 Å². The van der Waals surface area contributed by atoms with Gasteiger partial charge in [-0.25, -0.2) is 4.68 Å². The summed E-state index contributed by atoms with van der Waals surface area (Å²) in [7, 11) is 0. The third-order valence-electron chi connectivity index (χ3n) is 3.55. The third kappa shape index (κ3) is 2.60.